The number of rotatable bonds is 21. The number of esters is 2. The maximum absolute atomic E-state index is 12.0. The zero-order valence-corrected chi connectivity index (χ0v) is 20.8. The maximum Gasteiger partial charge on any atom is 0.306 e. The molecule has 1 unspecified atom stereocenters. The molecule has 32 heavy (non-hydrogen) atoms. The van der Waals surface area contributed by atoms with Gasteiger partial charge in [-0.2, -0.15) is 0 Å². The van der Waals surface area contributed by atoms with E-state index in [1.54, 1.807) is 0 Å². The van der Waals surface area contributed by atoms with E-state index in [0.29, 0.717) is 19.3 Å². The molecule has 0 aromatic heterocycles. The first-order chi connectivity index (χ1) is 15.6. The van der Waals surface area contributed by atoms with E-state index in [1.165, 1.54) is 12.8 Å². The van der Waals surface area contributed by atoms with E-state index in [4.69, 9.17) is 9.47 Å². The van der Waals surface area contributed by atoms with Crippen molar-refractivity contribution >= 4 is 11.9 Å². The van der Waals surface area contributed by atoms with Gasteiger partial charge in [0, 0.05) is 12.8 Å². The molecule has 0 radical (unpaired) electrons. The molecule has 0 heterocycles. The molecule has 0 saturated carbocycles. The minimum Gasteiger partial charge on any atom is -0.462 e. The van der Waals surface area contributed by atoms with Crippen LogP contribution in [0.3, 0.4) is 0 Å². The van der Waals surface area contributed by atoms with Crippen LogP contribution in [-0.4, -0.2) is 38.2 Å². The number of carbonyl (C=O) groups is 2. The predicted molar refractivity (Wildman–Crippen MR) is 134 cm³/mol. The van der Waals surface area contributed by atoms with E-state index in [9.17, 15) is 9.59 Å². The van der Waals surface area contributed by atoms with Gasteiger partial charge in [0.2, 0.25) is 0 Å². The summed E-state index contributed by atoms with van der Waals surface area (Å²) in [4.78, 5) is 23.7. The van der Waals surface area contributed by atoms with Crippen LogP contribution < -0.4 is 5.32 Å². The Morgan fingerprint density at radius 3 is 2.09 bits per heavy atom. The maximum atomic E-state index is 12.0. The Labute approximate surface area is 196 Å². The van der Waals surface area contributed by atoms with Gasteiger partial charge in [-0.25, -0.2) is 0 Å². The van der Waals surface area contributed by atoms with Crippen molar-refractivity contribution in [2.45, 2.75) is 103 Å². The van der Waals surface area contributed by atoms with Crippen molar-refractivity contribution in [1.82, 2.24) is 5.32 Å². The standard InChI is InChI=1S/C27H47NO4/c1-4-6-7-8-9-10-11-12-13-14-15-16-17-18-19-21-27(30)32-25(5-2)24-31-26(29)22-20-23-28-3/h6-7,9-10,12-13,25,28H,4-5,8,11,14-24H2,1-3H3/b7-6-,10-9-,13-12-. The van der Waals surface area contributed by atoms with Gasteiger partial charge in [-0.15, -0.1) is 0 Å². The summed E-state index contributed by atoms with van der Waals surface area (Å²) in [5.41, 5.74) is 0. The Kier molecular flexibility index (Phi) is 22.4. The van der Waals surface area contributed by atoms with E-state index in [1.807, 2.05) is 14.0 Å². The summed E-state index contributed by atoms with van der Waals surface area (Å²) in [5.74, 6) is -0.426. The molecule has 1 atom stereocenters. The van der Waals surface area contributed by atoms with E-state index in [0.717, 1.165) is 57.9 Å². The topological polar surface area (TPSA) is 64.6 Å². The monoisotopic (exact) mass is 449 g/mol. The largest absolute Gasteiger partial charge is 0.462 e. The molecule has 0 bridgehead atoms. The summed E-state index contributed by atoms with van der Waals surface area (Å²) in [6.07, 6.45) is 24.9. The quantitative estimate of drug-likeness (QED) is 0.124. The van der Waals surface area contributed by atoms with Crippen molar-refractivity contribution in [3.8, 4) is 0 Å². The molecule has 0 aliphatic carbocycles. The van der Waals surface area contributed by atoms with Crippen molar-refractivity contribution in [2.75, 3.05) is 20.2 Å². The number of unbranched alkanes of at least 4 members (excludes halogenated alkanes) is 5. The van der Waals surface area contributed by atoms with E-state index in [-0.39, 0.29) is 24.6 Å². The molecule has 184 valence electrons. The molecule has 0 aromatic rings. The van der Waals surface area contributed by atoms with Crippen LogP contribution in [0.25, 0.3) is 0 Å². The highest BCUT2D eigenvalue weighted by molar-refractivity contribution is 5.70. The van der Waals surface area contributed by atoms with Crippen LogP contribution in [0.15, 0.2) is 36.5 Å². The first-order valence-corrected chi connectivity index (χ1v) is 12.6. The molecule has 0 amide bonds. The third kappa shape index (κ3) is 21.4. The summed E-state index contributed by atoms with van der Waals surface area (Å²) < 4.78 is 10.7. The van der Waals surface area contributed by atoms with Gasteiger partial charge in [0.25, 0.3) is 0 Å². The molecule has 0 rings (SSSR count). The van der Waals surface area contributed by atoms with Crippen LogP contribution >= 0.6 is 0 Å². The van der Waals surface area contributed by atoms with Gasteiger partial charge in [0.05, 0.1) is 0 Å². The fourth-order valence-corrected chi connectivity index (χ4v) is 3.04. The summed E-state index contributed by atoms with van der Waals surface area (Å²) >= 11 is 0. The van der Waals surface area contributed by atoms with Gasteiger partial charge in [-0.3, -0.25) is 9.59 Å². The van der Waals surface area contributed by atoms with Crippen LogP contribution in [-0.2, 0) is 19.1 Å². The van der Waals surface area contributed by atoms with Gasteiger partial charge in [0.15, 0.2) is 0 Å². The molecule has 1 N–H and O–H groups in total. The molecule has 5 heteroatoms. The lowest BCUT2D eigenvalue weighted by atomic mass is 10.1. The molecular weight excluding hydrogens is 402 g/mol. The molecule has 0 spiro atoms. The molecule has 5 nitrogen and oxygen atoms in total. The zero-order valence-electron chi connectivity index (χ0n) is 20.8. The van der Waals surface area contributed by atoms with Crippen molar-refractivity contribution in [3.05, 3.63) is 36.5 Å². The smallest absolute Gasteiger partial charge is 0.306 e. The number of hydrogen-bond acceptors (Lipinski definition) is 5. The molecule has 0 aromatic carbocycles. The summed E-state index contributed by atoms with van der Waals surface area (Å²) in [6, 6.07) is 0. The zero-order chi connectivity index (χ0) is 23.7. The van der Waals surface area contributed by atoms with Gasteiger partial charge >= 0.3 is 11.9 Å². The molecule has 0 aliphatic heterocycles. The van der Waals surface area contributed by atoms with Gasteiger partial charge in [0.1, 0.15) is 12.7 Å². The first-order valence-electron chi connectivity index (χ1n) is 12.6. The summed E-state index contributed by atoms with van der Waals surface area (Å²) in [5, 5.41) is 3.00. The highest BCUT2D eigenvalue weighted by Crippen LogP contribution is 2.10. The number of carbonyl (C=O) groups excluding carboxylic acids is 2. The van der Waals surface area contributed by atoms with Crippen LogP contribution in [0.2, 0.25) is 0 Å². The van der Waals surface area contributed by atoms with Crippen molar-refractivity contribution in [3.63, 3.8) is 0 Å². The highest BCUT2D eigenvalue weighted by Gasteiger charge is 2.15. The van der Waals surface area contributed by atoms with Crippen molar-refractivity contribution < 1.29 is 19.1 Å². The van der Waals surface area contributed by atoms with Crippen molar-refractivity contribution in [2.24, 2.45) is 0 Å². The minimum atomic E-state index is -0.342. The second-order valence-corrected chi connectivity index (χ2v) is 8.01. The molecule has 0 fully saturated rings. The number of ether oxygens (including phenoxy) is 2. The lowest BCUT2D eigenvalue weighted by Crippen LogP contribution is -2.24. The van der Waals surface area contributed by atoms with E-state index < -0.39 is 0 Å². The number of nitrogens with one attached hydrogen (secondary N) is 1. The minimum absolute atomic E-state index is 0.153. The van der Waals surface area contributed by atoms with Crippen molar-refractivity contribution in [1.29, 1.82) is 0 Å². The van der Waals surface area contributed by atoms with Crippen LogP contribution in [0.4, 0.5) is 0 Å². The van der Waals surface area contributed by atoms with Gasteiger partial charge < -0.3 is 14.8 Å². The average Bonchev–Trinajstić information content (AvgIpc) is 2.79. The lowest BCUT2D eigenvalue weighted by molar-refractivity contribution is -0.159. The average molecular weight is 450 g/mol. The summed E-state index contributed by atoms with van der Waals surface area (Å²) in [6.45, 7) is 5.02. The number of hydrogen-bond donors (Lipinski definition) is 1. The highest BCUT2D eigenvalue weighted by atomic mass is 16.6. The number of allylic oxidation sites excluding steroid dienone is 6. The van der Waals surface area contributed by atoms with Crippen LogP contribution in [0.1, 0.15) is 97.3 Å². The lowest BCUT2D eigenvalue weighted by Gasteiger charge is -2.16. The first kappa shape index (κ1) is 30.1. The second-order valence-electron chi connectivity index (χ2n) is 8.01. The molecule has 0 aliphatic rings. The van der Waals surface area contributed by atoms with E-state index in [2.05, 4.69) is 48.7 Å². The Balaban J connectivity index is 3.64. The third-order valence-electron chi connectivity index (χ3n) is 5.02. The summed E-state index contributed by atoms with van der Waals surface area (Å²) in [7, 11) is 1.85. The third-order valence-corrected chi connectivity index (χ3v) is 5.02. The molecular formula is C27H47NO4. The predicted octanol–water partition coefficient (Wildman–Crippen LogP) is 6.44. The van der Waals surface area contributed by atoms with E-state index >= 15 is 0 Å². The van der Waals surface area contributed by atoms with Gasteiger partial charge in [-0.1, -0.05) is 69.6 Å². The van der Waals surface area contributed by atoms with Gasteiger partial charge in [-0.05, 0) is 65.0 Å². The fraction of sp³-hybridized carbons (Fsp3) is 0.704. The Hall–Kier alpha value is -1.88. The fourth-order valence-electron chi connectivity index (χ4n) is 3.04. The Bertz CT molecular complexity index is 540. The molecule has 0 saturated heterocycles. The van der Waals surface area contributed by atoms with Crippen LogP contribution in [0.5, 0.6) is 0 Å². The Morgan fingerprint density at radius 1 is 0.781 bits per heavy atom. The SMILES string of the molecule is CC/C=C\C/C=C\C/C=C\CCCCCCCC(=O)OC(CC)COC(=O)CCCNC. The second kappa shape index (κ2) is 23.8. The normalized spacial score (nSPS) is 12.7. The van der Waals surface area contributed by atoms with Crippen LogP contribution in [0, 0.1) is 0 Å². The Morgan fingerprint density at radius 2 is 1.41 bits per heavy atom.